The van der Waals surface area contributed by atoms with Crippen molar-refractivity contribution in [2.45, 2.75) is 67.7 Å². The van der Waals surface area contributed by atoms with Gasteiger partial charge in [-0.1, -0.05) is 0 Å². The number of aromatic hydroxyl groups is 1. The van der Waals surface area contributed by atoms with Crippen LogP contribution in [0.25, 0.3) is 6.08 Å². The zero-order valence-electron chi connectivity index (χ0n) is 21.5. The van der Waals surface area contributed by atoms with Crippen LogP contribution >= 0.6 is 27.3 Å². The predicted molar refractivity (Wildman–Crippen MR) is 149 cm³/mol. The molecule has 39 heavy (non-hydrogen) atoms. The minimum atomic E-state index is -1.18. The summed E-state index contributed by atoms with van der Waals surface area (Å²) in [5.41, 5.74) is -1.09. The average molecular weight is 617 g/mol. The van der Waals surface area contributed by atoms with Gasteiger partial charge in [0.25, 0.3) is 5.69 Å². The van der Waals surface area contributed by atoms with Crippen LogP contribution in [0.3, 0.4) is 0 Å². The number of nitrogens with zero attached hydrogens (tertiary/aromatic N) is 3. The van der Waals surface area contributed by atoms with Gasteiger partial charge in [-0.3, -0.25) is 19.8 Å². The van der Waals surface area contributed by atoms with Crippen molar-refractivity contribution in [1.82, 2.24) is 9.80 Å². The summed E-state index contributed by atoms with van der Waals surface area (Å²) in [4.78, 5) is 30.0. The number of nitro groups is 1. The number of likely N-dealkylation sites (N-methyl/N-ethyl adjacent to an activating group) is 1. The predicted octanol–water partition coefficient (Wildman–Crippen LogP) is 4.23. The molecule has 0 unspecified atom stereocenters. The number of benzene rings is 1. The second-order valence-electron chi connectivity index (χ2n) is 11.8. The Kier molecular flexibility index (Phi) is 5.73. The average Bonchev–Trinajstić information content (AvgIpc) is 3.50. The van der Waals surface area contributed by atoms with E-state index in [1.807, 2.05) is 11.4 Å². The number of phenolic OH excluding ortho intramolecular Hbond substituents is 1. The van der Waals surface area contributed by atoms with Crippen molar-refractivity contribution >= 4 is 44.9 Å². The van der Waals surface area contributed by atoms with Gasteiger partial charge < -0.3 is 19.8 Å². The molecule has 2 aliphatic heterocycles. The number of halogens is 1. The largest absolute Gasteiger partial charge is 0.504 e. The van der Waals surface area contributed by atoms with Crippen LogP contribution in [0.15, 0.2) is 28.1 Å². The van der Waals surface area contributed by atoms with Crippen LogP contribution in [0.4, 0.5) is 5.69 Å². The molecule has 9 nitrogen and oxygen atoms in total. The molecule has 3 fully saturated rings. The Morgan fingerprint density at radius 3 is 2.85 bits per heavy atom. The van der Waals surface area contributed by atoms with Gasteiger partial charge in [0, 0.05) is 51.6 Å². The highest BCUT2D eigenvalue weighted by molar-refractivity contribution is 9.10. The molecule has 2 bridgehead atoms. The molecule has 2 aromatic rings. The number of amides is 1. The SMILES string of the molecule is CN(C(=O)/C=C/c1cc(Br)cs1)[C@@H]1CC[C@@]2(O)[C@H]3Cc4c([N+](=O)[O-])cc(O)c5c4[C@@]2(CCN3CC2CC2)[C@H]1O5. The fourth-order valence-corrected chi connectivity index (χ4v) is 9.27. The number of likely N-dealkylation sites (tertiary alicyclic amines) is 1. The molecule has 206 valence electrons. The van der Waals surface area contributed by atoms with Crippen LogP contribution < -0.4 is 4.74 Å². The lowest BCUT2D eigenvalue weighted by molar-refractivity contribution is -0.386. The summed E-state index contributed by atoms with van der Waals surface area (Å²) in [7, 11) is 1.75. The summed E-state index contributed by atoms with van der Waals surface area (Å²) >= 11 is 4.97. The van der Waals surface area contributed by atoms with E-state index in [9.17, 15) is 25.1 Å². The van der Waals surface area contributed by atoms with Crippen molar-refractivity contribution in [3.05, 3.63) is 54.2 Å². The fraction of sp³-hybridized carbons (Fsp3) is 0.536. The van der Waals surface area contributed by atoms with Crippen molar-refractivity contribution in [3.8, 4) is 11.5 Å². The number of thiophene rings is 1. The van der Waals surface area contributed by atoms with E-state index in [2.05, 4.69) is 20.8 Å². The molecule has 1 amide bonds. The van der Waals surface area contributed by atoms with Crippen LogP contribution in [-0.4, -0.2) is 74.8 Å². The maximum atomic E-state index is 13.4. The topological polar surface area (TPSA) is 116 Å². The highest BCUT2D eigenvalue weighted by atomic mass is 79.9. The number of hydrogen-bond donors (Lipinski definition) is 2. The molecule has 1 spiro atoms. The Bertz CT molecular complexity index is 1420. The van der Waals surface area contributed by atoms with Gasteiger partial charge in [-0.2, -0.15) is 0 Å². The molecular weight excluding hydrogens is 586 g/mol. The molecule has 7 rings (SSSR count). The van der Waals surface area contributed by atoms with Crippen molar-refractivity contribution < 1.29 is 24.7 Å². The van der Waals surface area contributed by atoms with E-state index in [0.717, 1.165) is 22.4 Å². The first kappa shape index (κ1) is 25.5. The Hall–Kier alpha value is -2.47. The molecule has 5 aliphatic rings. The Balaban J connectivity index is 1.31. The van der Waals surface area contributed by atoms with Gasteiger partial charge in [0.15, 0.2) is 11.5 Å². The van der Waals surface area contributed by atoms with Gasteiger partial charge in [-0.15, -0.1) is 11.3 Å². The molecule has 1 saturated heterocycles. The third-order valence-electron chi connectivity index (χ3n) is 9.86. The van der Waals surface area contributed by atoms with E-state index in [1.165, 1.54) is 30.2 Å². The van der Waals surface area contributed by atoms with E-state index < -0.39 is 22.0 Å². The van der Waals surface area contributed by atoms with Crippen molar-refractivity contribution in [3.63, 3.8) is 0 Å². The van der Waals surface area contributed by atoms with Gasteiger partial charge in [0.1, 0.15) is 6.10 Å². The molecule has 1 aromatic carbocycles. The molecule has 2 N–H and O–H groups in total. The molecule has 0 radical (unpaired) electrons. The van der Waals surface area contributed by atoms with Gasteiger partial charge in [-0.05, 0) is 79.1 Å². The van der Waals surface area contributed by atoms with Gasteiger partial charge in [-0.25, -0.2) is 0 Å². The lowest BCUT2D eigenvalue weighted by Gasteiger charge is -2.64. The molecule has 5 atom stereocenters. The number of rotatable bonds is 6. The number of nitro benzene ring substituents is 1. The zero-order valence-corrected chi connectivity index (χ0v) is 23.9. The van der Waals surface area contributed by atoms with Crippen LogP contribution in [0, 0.1) is 16.0 Å². The zero-order chi connectivity index (χ0) is 27.3. The van der Waals surface area contributed by atoms with E-state index in [0.29, 0.717) is 42.7 Å². The number of phenols is 1. The lowest BCUT2D eigenvalue weighted by Crippen LogP contribution is -2.78. The third-order valence-corrected chi connectivity index (χ3v) is 11.5. The first-order valence-electron chi connectivity index (χ1n) is 13.5. The summed E-state index contributed by atoms with van der Waals surface area (Å²) in [6, 6.07) is 2.49. The number of aliphatic hydroxyl groups is 1. The fourth-order valence-electron chi connectivity index (χ4n) is 7.93. The van der Waals surface area contributed by atoms with E-state index in [-0.39, 0.29) is 35.2 Å². The monoisotopic (exact) mass is 615 g/mol. The van der Waals surface area contributed by atoms with Gasteiger partial charge in [0.2, 0.25) is 5.91 Å². The van der Waals surface area contributed by atoms with E-state index in [4.69, 9.17) is 4.74 Å². The maximum absolute atomic E-state index is 13.4. The van der Waals surface area contributed by atoms with Crippen molar-refractivity contribution in [2.24, 2.45) is 5.92 Å². The van der Waals surface area contributed by atoms with Crippen LogP contribution in [0.5, 0.6) is 11.5 Å². The normalized spacial score (nSPS) is 32.6. The molecule has 3 heterocycles. The summed E-state index contributed by atoms with van der Waals surface area (Å²) in [5, 5.41) is 37.7. The van der Waals surface area contributed by atoms with E-state index in [1.54, 1.807) is 24.1 Å². The molecule has 11 heteroatoms. The Morgan fingerprint density at radius 2 is 2.15 bits per heavy atom. The Labute approximate surface area is 238 Å². The Morgan fingerprint density at radius 1 is 1.36 bits per heavy atom. The molecule has 1 aromatic heterocycles. The summed E-state index contributed by atoms with van der Waals surface area (Å²) < 4.78 is 7.47. The number of carbonyl (C=O) groups excluding carboxylic acids is 1. The number of piperidine rings is 1. The van der Waals surface area contributed by atoms with E-state index >= 15 is 0 Å². The summed E-state index contributed by atoms with van der Waals surface area (Å²) in [5.74, 6) is 0.391. The number of ether oxygens (including phenoxy) is 1. The second-order valence-corrected chi connectivity index (χ2v) is 13.6. The van der Waals surface area contributed by atoms with Crippen molar-refractivity contribution in [1.29, 1.82) is 0 Å². The molecule has 2 saturated carbocycles. The molecule has 3 aliphatic carbocycles. The third kappa shape index (κ3) is 3.59. The van der Waals surface area contributed by atoms with Crippen molar-refractivity contribution in [2.75, 3.05) is 20.1 Å². The highest BCUT2D eigenvalue weighted by Crippen LogP contribution is 2.67. The first-order chi connectivity index (χ1) is 18.6. The summed E-state index contributed by atoms with van der Waals surface area (Å²) in [6.07, 6.45) is 6.95. The highest BCUT2D eigenvalue weighted by Gasteiger charge is 2.74. The van der Waals surface area contributed by atoms with Crippen LogP contribution in [0.1, 0.15) is 48.1 Å². The number of carbonyl (C=O) groups is 1. The van der Waals surface area contributed by atoms with Crippen LogP contribution in [0.2, 0.25) is 0 Å². The smallest absolute Gasteiger partial charge is 0.276 e. The van der Waals surface area contributed by atoms with Gasteiger partial charge in [0.05, 0.1) is 28.0 Å². The summed E-state index contributed by atoms with van der Waals surface area (Å²) in [6.45, 7) is 1.62. The minimum absolute atomic E-state index is 0.119. The molecular formula is C28H30BrN3O6S. The lowest BCUT2D eigenvalue weighted by atomic mass is 9.48. The van der Waals surface area contributed by atoms with Gasteiger partial charge >= 0.3 is 0 Å². The van der Waals surface area contributed by atoms with Crippen LogP contribution in [-0.2, 0) is 16.6 Å². The first-order valence-corrected chi connectivity index (χ1v) is 15.2. The minimum Gasteiger partial charge on any atom is -0.504 e. The number of hydrogen-bond acceptors (Lipinski definition) is 8. The second kappa shape index (κ2) is 8.76. The quantitative estimate of drug-likeness (QED) is 0.284. The standard InChI is InChI=1S/C28H30BrN3O6S/c1-30(23(34)5-4-17-10-16(29)14-39-17)19-6-7-28(35)22-11-18-20(32(36)37)12-21(33)25-24(18)27(28,26(19)38-25)8-9-31(22)13-15-2-3-15/h4-5,10,12,14-15,19,22,26,33,35H,2-3,6-9,11,13H2,1H3/b5-4+/t19-,22-,26+,27+,28-/m1/s1. The maximum Gasteiger partial charge on any atom is 0.276 e.